The molecule has 0 saturated carbocycles. The van der Waals surface area contributed by atoms with E-state index in [0.29, 0.717) is 0 Å². The van der Waals surface area contributed by atoms with Crippen molar-refractivity contribution >= 4 is 10.9 Å². The Balaban J connectivity index is 1.61. The normalized spacial score (nSPS) is 20.2. The Labute approximate surface area is 121 Å². The van der Waals surface area contributed by atoms with Gasteiger partial charge >= 0.3 is 0 Å². The maximum Gasteiger partial charge on any atom is 0.0499 e. The van der Waals surface area contributed by atoms with Crippen molar-refractivity contribution in [3.8, 4) is 0 Å². The van der Waals surface area contributed by atoms with Crippen LogP contribution in [0.1, 0.15) is 18.9 Å². The second-order valence-corrected chi connectivity index (χ2v) is 6.10. The Bertz CT molecular complexity index is 560. The summed E-state index contributed by atoms with van der Waals surface area (Å²) in [7, 11) is 2.25. The number of likely N-dealkylation sites (tertiary alicyclic amines) is 1. The van der Waals surface area contributed by atoms with E-state index in [4.69, 9.17) is 0 Å². The zero-order valence-electron chi connectivity index (χ0n) is 12.6. The van der Waals surface area contributed by atoms with Crippen molar-refractivity contribution in [3.05, 3.63) is 36.0 Å². The molecule has 0 unspecified atom stereocenters. The highest BCUT2D eigenvalue weighted by Gasteiger charge is 2.22. The fourth-order valence-corrected chi connectivity index (χ4v) is 3.43. The number of hydrogen-bond acceptors (Lipinski definition) is 2. The van der Waals surface area contributed by atoms with Gasteiger partial charge < -0.3 is 14.8 Å². The molecule has 0 spiro atoms. The van der Waals surface area contributed by atoms with Crippen LogP contribution in [-0.2, 0) is 6.54 Å². The lowest BCUT2D eigenvalue weighted by Gasteiger charge is -2.21. The Morgan fingerprint density at radius 1 is 1.35 bits per heavy atom. The predicted molar refractivity (Wildman–Crippen MR) is 84.9 cm³/mol. The minimum absolute atomic E-state index is 0.836. The first kappa shape index (κ1) is 13.7. The molecular weight excluding hydrogens is 246 g/mol. The highest BCUT2D eigenvalue weighted by atomic mass is 15.2. The highest BCUT2D eigenvalue weighted by Crippen LogP contribution is 2.20. The van der Waals surface area contributed by atoms with Crippen molar-refractivity contribution in [2.24, 2.45) is 5.92 Å². The number of H-pyrrole nitrogens is 1. The summed E-state index contributed by atoms with van der Waals surface area (Å²) in [6.45, 7) is 8.24. The van der Waals surface area contributed by atoms with Crippen molar-refractivity contribution in [2.75, 3.05) is 33.2 Å². The van der Waals surface area contributed by atoms with Gasteiger partial charge in [-0.05, 0) is 49.5 Å². The van der Waals surface area contributed by atoms with Gasteiger partial charge in [-0.15, -0.1) is 0 Å². The molecule has 1 saturated heterocycles. The monoisotopic (exact) mass is 271 g/mol. The molecule has 1 aromatic carbocycles. The Morgan fingerprint density at radius 3 is 3.05 bits per heavy atom. The van der Waals surface area contributed by atoms with Crippen LogP contribution in [0.5, 0.6) is 0 Å². The van der Waals surface area contributed by atoms with Crippen molar-refractivity contribution in [1.82, 2.24) is 14.8 Å². The van der Waals surface area contributed by atoms with E-state index < -0.39 is 0 Å². The lowest BCUT2D eigenvalue weighted by atomic mass is 10.1. The van der Waals surface area contributed by atoms with Crippen LogP contribution in [0.4, 0.5) is 0 Å². The molecule has 3 nitrogen and oxygen atoms in total. The van der Waals surface area contributed by atoms with Crippen LogP contribution in [0.25, 0.3) is 10.9 Å². The standard InChI is InChI=1S/C17H25N3/c1-3-20-10-8-14(12-20)11-19(2)13-16-6-4-5-15-7-9-18-17(15)16/h4-7,9,14,18H,3,8,10-13H2,1-2H3/t14-/m0/s1. The van der Waals surface area contributed by atoms with Crippen molar-refractivity contribution < 1.29 is 0 Å². The van der Waals surface area contributed by atoms with Crippen molar-refractivity contribution in [2.45, 2.75) is 19.9 Å². The van der Waals surface area contributed by atoms with Gasteiger partial charge in [0.2, 0.25) is 0 Å². The van der Waals surface area contributed by atoms with E-state index in [2.05, 4.69) is 53.0 Å². The summed E-state index contributed by atoms with van der Waals surface area (Å²) >= 11 is 0. The molecule has 1 aliphatic heterocycles. The quantitative estimate of drug-likeness (QED) is 0.903. The van der Waals surface area contributed by atoms with E-state index in [-0.39, 0.29) is 0 Å². The summed E-state index contributed by atoms with van der Waals surface area (Å²) < 4.78 is 0. The molecule has 20 heavy (non-hydrogen) atoms. The van der Waals surface area contributed by atoms with Crippen LogP contribution in [0.15, 0.2) is 30.5 Å². The molecular formula is C17H25N3. The zero-order valence-corrected chi connectivity index (χ0v) is 12.6. The molecule has 3 rings (SSSR count). The van der Waals surface area contributed by atoms with Gasteiger partial charge in [-0.3, -0.25) is 0 Å². The molecule has 0 radical (unpaired) electrons. The number of para-hydroxylation sites is 1. The first-order chi connectivity index (χ1) is 9.76. The summed E-state index contributed by atoms with van der Waals surface area (Å²) in [5, 5.41) is 1.31. The molecule has 2 aromatic rings. The Hall–Kier alpha value is -1.32. The highest BCUT2D eigenvalue weighted by molar-refractivity contribution is 5.82. The fourth-order valence-electron chi connectivity index (χ4n) is 3.43. The maximum atomic E-state index is 3.37. The molecule has 0 aliphatic carbocycles. The molecule has 0 bridgehead atoms. The number of benzene rings is 1. The summed E-state index contributed by atoms with van der Waals surface area (Å²) in [4.78, 5) is 8.40. The summed E-state index contributed by atoms with van der Waals surface area (Å²) in [6, 6.07) is 8.72. The molecule has 108 valence electrons. The topological polar surface area (TPSA) is 22.3 Å². The Kier molecular flexibility index (Phi) is 4.08. The molecule has 1 aliphatic rings. The van der Waals surface area contributed by atoms with Gasteiger partial charge in [0.15, 0.2) is 0 Å². The predicted octanol–water partition coefficient (Wildman–Crippen LogP) is 2.94. The lowest BCUT2D eigenvalue weighted by molar-refractivity contribution is 0.261. The molecule has 2 heterocycles. The lowest BCUT2D eigenvalue weighted by Crippen LogP contribution is -2.28. The third-order valence-electron chi connectivity index (χ3n) is 4.50. The van der Waals surface area contributed by atoms with E-state index in [1.54, 1.807) is 0 Å². The number of fused-ring (bicyclic) bond motifs is 1. The summed E-state index contributed by atoms with van der Waals surface area (Å²) in [5.74, 6) is 0.836. The second-order valence-electron chi connectivity index (χ2n) is 6.10. The minimum atomic E-state index is 0.836. The van der Waals surface area contributed by atoms with Crippen LogP contribution in [0.2, 0.25) is 0 Å². The van der Waals surface area contributed by atoms with Gasteiger partial charge in [0.25, 0.3) is 0 Å². The van der Waals surface area contributed by atoms with E-state index in [0.717, 1.165) is 12.5 Å². The summed E-state index contributed by atoms with van der Waals surface area (Å²) in [5.41, 5.74) is 2.70. The molecule has 1 atom stereocenters. The van der Waals surface area contributed by atoms with Gasteiger partial charge in [-0.25, -0.2) is 0 Å². The number of nitrogens with one attached hydrogen (secondary N) is 1. The third kappa shape index (κ3) is 2.89. The van der Waals surface area contributed by atoms with Gasteiger partial charge in [0.1, 0.15) is 0 Å². The van der Waals surface area contributed by atoms with E-state index in [1.807, 2.05) is 6.20 Å². The molecule has 1 N–H and O–H groups in total. The SMILES string of the molecule is CCN1CC[C@@H](CN(C)Cc2cccc3cc[nH]c23)C1. The van der Waals surface area contributed by atoms with Gasteiger partial charge in [-0.1, -0.05) is 25.1 Å². The van der Waals surface area contributed by atoms with Crippen LogP contribution in [-0.4, -0.2) is 48.0 Å². The van der Waals surface area contributed by atoms with Gasteiger partial charge in [0.05, 0.1) is 0 Å². The molecule has 0 amide bonds. The number of rotatable bonds is 5. The molecule has 3 heteroatoms. The van der Waals surface area contributed by atoms with Crippen LogP contribution < -0.4 is 0 Å². The Morgan fingerprint density at radius 2 is 2.25 bits per heavy atom. The fraction of sp³-hybridized carbons (Fsp3) is 0.529. The summed E-state index contributed by atoms with van der Waals surface area (Å²) in [6.07, 6.45) is 3.38. The average Bonchev–Trinajstić information content (AvgIpc) is 3.07. The van der Waals surface area contributed by atoms with Gasteiger partial charge in [-0.2, -0.15) is 0 Å². The van der Waals surface area contributed by atoms with E-state index in [9.17, 15) is 0 Å². The zero-order chi connectivity index (χ0) is 13.9. The first-order valence-electron chi connectivity index (χ1n) is 7.72. The van der Waals surface area contributed by atoms with Crippen molar-refractivity contribution in [3.63, 3.8) is 0 Å². The minimum Gasteiger partial charge on any atom is -0.361 e. The van der Waals surface area contributed by atoms with Crippen LogP contribution in [0.3, 0.4) is 0 Å². The number of aromatic amines is 1. The van der Waals surface area contributed by atoms with Gasteiger partial charge in [0, 0.05) is 31.3 Å². The van der Waals surface area contributed by atoms with Crippen molar-refractivity contribution in [1.29, 1.82) is 0 Å². The molecule has 1 fully saturated rings. The third-order valence-corrected chi connectivity index (χ3v) is 4.50. The number of aromatic nitrogens is 1. The average molecular weight is 271 g/mol. The van der Waals surface area contributed by atoms with E-state index in [1.165, 1.54) is 49.1 Å². The molecule has 1 aromatic heterocycles. The second kappa shape index (κ2) is 5.98. The van der Waals surface area contributed by atoms with Crippen LogP contribution in [0, 0.1) is 5.92 Å². The van der Waals surface area contributed by atoms with Crippen LogP contribution >= 0.6 is 0 Å². The maximum absolute atomic E-state index is 3.37. The number of nitrogens with zero attached hydrogens (tertiary/aromatic N) is 2. The first-order valence-corrected chi connectivity index (χ1v) is 7.72. The largest absolute Gasteiger partial charge is 0.361 e. The van der Waals surface area contributed by atoms with E-state index >= 15 is 0 Å². The smallest absolute Gasteiger partial charge is 0.0499 e. The number of hydrogen-bond donors (Lipinski definition) is 1.